The van der Waals surface area contributed by atoms with E-state index in [1.54, 1.807) is 24.3 Å². The lowest BCUT2D eigenvalue weighted by atomic mass is 10.2. The van der Waals surface area contributed by atoms with Crippen LogP contribution in [0.3, 0.4) is 0 Å². The number of benzene rings is 2. The Kier molecular flexibility index (Phi) is 3.27. The molecule has 0 fully saturated rings. The third-order valence-electron chi connectivity index (χ3n) is 2.32. The zero-order chi connectivity index (χ0) is 12.3. The van der Waals surface area contributed by atoms with Crippen LogP contribution >= 0.6 is 0 Å². The fourth-order valence-corrected chi connectivity index (χ4v) is 1.39. The van der Waals surface area contributed by atoms with Crippen molar-refractivity contribution in [1.82, 2.24) is 0 Å². The lowest BCUT2D eigenvalue weighted by molar-refractivity contribution is 0.0291. The van der Waals surface area contributed by atoms with Crippen molar-refractivity contribution in [1.29, 1.82) is 0 Å². The molecule has 0 aliphatic heterocycles. The minimum Gasteiger partial charge on any atom is -0.457 e. The number of anilines is 1. The summed E-state index contributed by atoms with van der Waals surface area (Å²) in [5, 5.41) is 17.6. The zero-order valence-corrected chi connectivity index (χ0v) is 9.37. The van der Waals surface area contributed by atoms with Crippen LogP contribution in [0.5, 0.6) is 11.5 Å². The molecule has 0 unspecified atom stereocenters. The molecule has 0 atom stereocenters. The Balaban J connectivity index is 2.11. The van der Waals surface area contributed by atoms with Crippen LogP contribution in [0.4, 0.5) is 5.69 Å². The van der Waals surface area contributed by atoms with E-state index >= 15 is 0 Å². The normalized spacial score (nSPS) is 10.1. The number of hydrogen-bond donors (Lipinski definition) is 2. The highest BCUT2D eigenvalue weighted by Crippen LogP contribution is 2.23. The van der Waals surface area contributed by atoms with Gasteiger partial charge in [0.05, 0.1) is 5.69 Å². The van der Waals surface area contributed by atoms with Crippen molar-refractivity contribution in [3.8, 4) is 11.5 Å². The minimum absolute atomic E-state index is 0.0651. The second kappa shape index (κ2) is 4.86. The van der Waals surface area contributed by atoms with Gasteiger partial charge in [0.25, 0.3) is 0 Å². The first-order valence-electron chi connectivity index (χ1n) is 5.17. The first-order chi connectivity index (χ1) is 8.15. The van der Waals surface area contributed by atoms with Gasteiger partial charge < -0.3 is 4.74 Å². The van der Waals surface area contributed by atoms with Gasteiger partial charge in [0, 0.05) is 0 Å². The maximum absolute atomic E-state index is 8.78. The largest absolute Gasteiger partial charge is 0.457 e. The lowest BCUT2D eigenvalue weighted by Gasteiger charge is -2.09. The van der Waals surface area contributed by atoms with Gasteiger partial charge in [-0.2, -0.15) is 0 Å². The lowest BCUT2D eigenvalue weighted by Crippen LogP contribution is -2.10. The summed E-state index contributed by atoms with van der Waals surface area (Å²) in [6.45, 7) is 2.01. The van der Waals surface area contributed by atoms with E-state index < -0.39 is 0 Å². The molecule has 2 N–H and O–H groups in total. The zero-order valence-electron chi connectivity index (χ0n) is 9.37. The summed E-state index contributed by atoms with van der Waals surface area (Å²) in [5.74, 6) is 1.38. The van der Waals surface area contributed by atoms with E-state index in [4.69, 9.17) is 15.2 Å². The highest BCUT2D eigenvalue weighted by atomic mass is 16.8. The Morgan fingerprint density at radius 2 is 1.29 bits per heavy atom. The Morgan fingerprint density at radius 3 is 1.76 bits per heavy atom. The van der Waals surface area contributed by atoms with E-state index in [0.29, 0.717) is 5.75 Å². The molecular formula is C13H13NO3. The molecule has 2 rings (SSSR count). The topological polar surface area (TPSA) is 52.9 Å². The molecule has 0 amide bonds. The first-order valence-corrected chi connectivity index (χ1v) is 5.17. The maximum atomic E-state index is 8.78. The summed E-state index contributed by atoms with van der Waals surface area (Å²) in [7, 11) is 0. The smallest absolute Gasteiger partial charge is 0.127 e. The van der Waals surface area contributed by atoms with Gasteiger partial charge in [0.2, 0.25) is 0 Å². The molecule has 4 nitrogen and oxygen atoms in total. The van der Waals surface area contributed by atoms with Crippen molar-refractivity contribution in [2.75, 3.05) is 5.23 Å². The van der Waals surface area contributed by atoms with E-state index in [1.165, 1.54) is 5.56 Å². The average Bonchev–Trinajstić information content (AvgIpc) is 2.33. The second-order valence-corrected chi connectivity index (χ2v) is 3.70. The molecule has 0 aromatic heterocycles. The van der Waals surface area contributed by atoms with Crippen LogP contribution in [-0.4, -0.2) is 10.4 Å². The quantitative estimate of drug-likeness (QED) is 0.795. The Bertz CT molecular complexity index is 477. The van der Waals surface area contributed by atoms with Crippen LogP contribution in [0.1, 0.15) is 5.56 Å². The molecule has 0 bridgehead atoms. The third kappa shape index (κ3) is 2.96. The van der Waals surface area contributed by atoms with Crippen molar-refractivity contribution in [2.24, 2.45) is 0 Å². The first kappa shape index (κ1) is 11.4. The number of hydrogen-bond acceptors (Lipinski definition) is 4. The predicted molar refractivity (Wildman–Crippen MR) is 63.7 cm³/mol. The van der Waals surface area contributed by atoms with Gasteiger partial charge in [0.1, 0.15) is 11.5 Å². The van der Waals surface area contributed by atoms with Gasteiger partial charge in [-0.25, -0.2) is 0 Å². The van der Waals surface area contributed by atoms with Gasteiger partial charge in [-0.15, -0.1) is 5.23 Å². The SMILES string of the molecule is Cc1ccc(Oc2ccc(N(O)O)cc2)cc1. The number of aryl methyl sites for hydroxylation is 1. The van der Waals surface area contributed by atoms with Crippen LogP contribution in [0.2, 0.25) is 0 Å². The molecule has 4 heteroatoms. The minimum atomic E-state index is 0.0651. The maximum Gasteiger partial charge on any atom is 0.127 e. The third-order valence-corrected chi connectivity index (χ3v) is 2.32. The average molecular weight is 231 g/mol. The molecule has 88 valence electrons. The van der Waals surface area contributed by atoms with Gasteiger partial charge >= 0.3 is 0 Å². The highest BCUT2D eigenvalue weighted by Gasteiger charge is 2.00. The van der Waals surface area contributed by atoms with Gasteiger partial charge in [-0.1, -0.05) is 17.7 Å². The molecule has 0 spiro atoms. The second-order valence-electron chi connectivity index (χ2n) is 3.70. The standard InChI is InChI=1S/C13H13NO3/c1-10-2-6-12(7-3-10)17-13-8-4-11(5-9-13)14(15)16/h2-9,15-16H,1H3. The highest BCUT2D eigenvalue weighted by molar-refractivity contribution is 5.45. The fourth-order valence-electron chi connectivity index (χ4n) is 1.39. The predicted octanol–water partition coefficient (Wildman–Crippen LogP) is 3.37. The summed E-state index contributed by atoms with van der Waals surface area (Å²) in [6.07, 6.45) is 0. The van der Waals surface area contributed by atoms with E-state index in [0.717, 1.165) is 5.75 Å². The molecule has 0 heterocycles. The summed E-state index contributed by atoms with van der Waals surface area (Å²) < 4.78 is 5.59. The number of nitrogens with zero attached hydrogens (tertiary/aromatic N) is 1. The van der Waals surface area contributed by atoms with Crippen molar-refractivity contribution in [3.63, 3.8) is 0 Å². The van der Waals surface area contributed by atoms with Crippen LogP contribution in [0.25, 0.3) is 0 Å². The summed E-state index contributed by atoms with van der Waals surface area (Å²) in [6, 6.07) is 14.1. The van der Waals surface area contributed by atoms with E-state index in [9.17, 15) is 0 Å². The van der Waals surface area contributed by atoms with E-state index in [2.05, 4.69) is 0 Å². The van der Waals surface area contributed by atoms with Crippen molar-refractivity contribution in [3.05, 3.63) is 54.1 Å². The molecule has 0 radical (unpaired) electrons. The van der Waals surface area contributed by atoms with Crippen molar-refractivity contribution >= 4 is 5.69 Å². The molecule has 17 heavy (non-hydrogen) atoms. The fraction of sp³-hybridized carbons (Fsp3) is 0.0769. The summed E-state index contributed by atoms with van der Waals surface area (Å²) in [5.41, 5.74) is 1.45. The van der Waals surface area contributed by atoms with Gasteiger partial charge in [0.15, 0.2) is 0 Å². The Morgan fingerprint density at radius 1 is 0.824 bits per heavy atom. The van der Waals surface area contributed by atoms with Crippen LogP contribution < -0.4 is 9.96 Å². The number of rotatable bonds is 3. The monoisotopic (exact) mass is 231 g/mol. The summed E-state index contributed by atoms with van der Waals surface area (Å²) >= 11 is 0. The van der Waals surface area contributed by atoms with Gasteiger partial charge in [-0.05, 0) is 43.3 Å². The number of ether oxygens (including phenoxy) is 1. The molecule has 0 saturated carbocycles. The van der Waals surface area contributed by atoms with Crippen molar-refractivity contribution < 1.29 is 15.2 Å². The molecular weight excluding hydrogens is 218 g/mol. The Hall–Kier alpha value is -2.04. The van der Waals surface area contributed by atoms with Crippen molar-refractivity contribution in [2.45, 2.75) is 6.92 Å². The Labute approximate surface area is 99.2 Å². The van der Waals surface area contributed by atoms with Crippen LogP contribution in [0, 0.1) is 6.92 Å². The molecule has 0 aliphatic carbocycles. The molecule has 0 aliphatic rings. The molecule has 0 saturated heterocycles. The molecule has 2 aromatic carbocycles. The molecule has 2 aromatic rings. The van der Waals surface area contributed by atoms with Gasteiger partial charge in [-0.3, -0.25) is 10.4 Å². The summed E-state index contributed by atoms with van der Waals surface area (Å²) in [4.78, 5) is 0. The van der Waals surface area contributed by atoms with E-state index in [-0.39, 0.29) is 10.9 Å². The van der Waals surface area contributed by atoms with Crippen LogP contribution in [-0.2, 0) is 0 Å². The van der Waals surface area contributed by atoms with E-state index in [1.807, 2.05) is 31.2 Å². The van der Waals surface area contributed by atoms with Crippen LogP contribution in [0.15, 0.2) is 48.5 Å².